The fourth-order valence-electron chi connectivity index (χ4n) is 3.06. The van der Waals surface area contributed by atoms with E-state index in [1.165, 1.54) is 0 Å². The molecule has 126 valence electrons. The number of carbonyl (C=O) groups excluding carboxylic acids is 2. The zero-order chi connectivity index (χ0) is 16.2. The molecule has 0 aromatic carbocycles. The van der Waals surface area contributed by atoms with E-state index in [4.69, 9.17) is 4.74 Å². The fourth-order valence-corrected chi connectivity index (χ4v) is 3.06. The summed E-state index contributed by atoms with van der Waals surface area (Å²) in [6.07, 6.45) is 5.28. The summed E-state index contributed by atoms with van der Waals surface area (Å²) in [6, 6.07) is 0.971. The highest BCUT2D eigenvalue weighted by atomic mass is 16.6. The zero-order valence-electron chi connectivity index (χ0n) is 13.9. The van der Waals surface area contributed by atoms with E-state index in [2.05, 4.69) is 16.0 Å². The molecule has 1 aliphatic heterocycles. The van der Waals surface area contributed by atoms with Crippen molar-refractivity contribution in [2.75, 3.05) is 6.54 Å². The molecular weight excluding hydrogens is 282 g/mol. The lowest BCUT2D eigenvalue weighted by atomic mass is 9.91. The number of ether oxygens (including phenoxy) is 1. The number of carbonyl (C=O) groups is 2. The molecule has 0 aromatic heterocycles. The minimum absolute atomic E-state index is 0.164. The molecule has 2 fully saturated rings. The molecule has 1 saturated heterocycles. The summed E-state index contributed by atoms with van der Waals surface area (Å²) in [7, 11) is 0. The van der Waals surface area contributed by atoms with Gasteiger partial charge in [-0.25, -0.2) is 4.79 Å². The highest BCUT2D eigenvalue weighted by Gasteiger charge is 2.26. The minimum atomic E-state index is -0.450. The number of hydrogen-bond acceptors (Lipinski definition) is 4. The quantitative estimate of drug-likeness (QED) is 0.738. The third-order valence-electron chi connectivity index (χ3n) is 4.19. The Kier molecular flexibility index (Phi) is 5.67. The molecule has 1 heterocycles. The first-order chi connectivity index (χ1) is 10.3. The Balaban J connectivity index is 1.61. The first-order valence-electron chi connectivity index (χ1n) is 8.34. The highest BCUT2D eigenvalue weighted by Crippen LogP contribution is 2.19. The molecule has 6 nitrogen and oxygen atoms in total. The predicted molar refractivity (Wildman–Crippen MR) is 84.6 cm³/mol. The third kappa shape index (κ3) is 5.83. The van der Waals surface area contributed by atoms with Crippen LogP contribution in [0.1, 0.15) is 59.3 Å². The molecule has 1 atom stereocenters. The molecule has 6 heteroatoms. The van der Waals surface area contributed by atoms with Crippen LogP contribution in [0.5, 0.6) is 0 Å². The molecule has 0 aromatic rings. The average molecular weight is 311 g/mol. The second-order valence-corrected chi connectivity index (χ2v) is 7.41. The van der Waals surface area contributed by atoms with Gasteiger partial charge in [-0.05, 0) is 52.9 Å². The number of nitrogens with one attached hydrogen (secondary N) is 3. The monoisotopic (exact) mass is 311 g/mol. The van der Waals surface area contributed by atoms with Crippen LogP contribution >= 0.6 is 0 Å². The van der Waals surface area contributed by atoms with Gasteiger partial charge in [0.1, 0.15) is 5.60 Å². The number of hydrogen-bond donors (Lipinski definition) is 3. The number of rotatable bonds is 4. The maximum Gasteiger partial charge on any atom is 0.407 e. The lowest BCUT2D eigenvalue weighted by Gasteiger charge is -2.31. The van der Waals surface area contributed by atoms with E-state index in [1.54, 1.807) is 0 Å². The van der Waals surface area contributed by atoms with Crippen molar-refractivity contribution in [3.8, 4) is 0 Å². The second kappa shape index (κ2) is 7.31. The van der Waals surface area contributed by atoms with E-state index >= 15 is 0 Å². The summed E-state index contributed by atoms with van der Waals surface area (Å²) in [4.78, 5) is 22.9. The molecule has 1 unspecified atom stereocenters. The summed E-state index contributed by atoms with van der Waals surface area (Å²) < 4.78 is 5.29. The van der Waals surface area contributed by atoms with Gasteiger partial charge in [-0.1, -0.05) is 0 Å². The second-order valence-electron chi connectivity index (χ2n) is 7.41. The Hall–Kier alpha value is -1.30. The smallest absolute Gasteiger partial charge is 0.407 e. The molecule has 3 N–H and O–H groups in total. The largest absolute Gasteiger partial charge is 0.444 e. The summed E-state index contributed by atoms with van der Waals surface area (Å²) >= 11 is 0. The predicted octanol–water partition coefficient (Wildman–Crippen LogP) is 1.69. The summed E-state index contributed by atoms with van der Waals surface area (Å²) in [5, 5.41) is 9.47. The molecule has 2 rings (SSSR count). The fraction of sp³-hybridized carbons (Fsp3) is 0.875. The molecular formula is C16H29N3O3. The van der Waals surface area contributed by atoms with Crippen molar-refractivity contribution in [2.45, 2.75) is 83.0 Å². The van der Waals surface area contributed by atoms with Crippen molar-refractivity contribution < 1.29 is 14.3 Å². The summed E-state index contributed by atoms with van der Waals surface area (Å²) in [5.74, 6) is 0.164. The van der Waals surface area contributed by atoms with Gasteiger partial charge in [-0.15, -0.1) is 0 Å². The van der Waals surface area contributed by atoms with Crippen molar-refractivity contribution in [3.05, 3.63) is 0 Å². The SMILES string of the molecule is CC(C)(C)OC(=O)NC1CCC(NCC2CCC(=O)N2)CC1. The van der Waals surface area contributed by atoms with Crippen LogP contribution in [-0.4, -0.2) is 42.3 Å². The first kappa shape index (κ1) is 17.1. The van der Waals surface area contributed by atoms with Crippen LogP contribution in [0.25, 0.3) is 0 Å². The van der Waals surface area contributed by atoms with Crippen LogP contribution < -0.4 is 16.0 Å². The van der Waals surface area contributed by atoms with Gasteiger partial charge in [0.15, 0.2) is 0 Å². The van der Waals surface area contributed by atoms with Crippen molar-refractivity contribution in [2.24, 2.45) is 0 Å². The van der Waals surface area contributed by atoms with E-state index in [-0.39, 0.29) is 24.1 Å². The van der Waals surface area contributed by atoms with Crippen LogP contribution in [-0.2, 0) is 9.53 Å². The normalized spacial score (nSPS) is 29.0. The standard InChI is InChI=1S/C16H29N3O3/c1-16(2,3)22-15(21)19-12-6-4-11(5-7-12)17-10-13-8-9-14(20)18-13/h11-13,17H,4-10H2,1-3H3,(H,18,20)(H,19,21). The number of amides is 2. The summed E-state index contributed by atoms with van der Waals surface area (Å²) in [6.45, 7) is 6.46. The topological polar surface area (TPSA) is 79.5 Å². The van der Waals surface area contributed by atoms with Crippen molar-refractivity contribution in [1.29, 1.82) is 0 Å². The Morgan fingerprint density at radius 3 is 2.36 bits per heavy atom. The Labute approximate surface area is 132 Å². The van der Waals surface area contributed by atoms with Gasteiger partial charge in [0.2, 0.25) is 5.91 Å². The van der Waals surface area contributed by atoms with E-state index in [0.717, 1.165) is 38.6 Å². The van der Waals surface area contributed by atoms with Crippen molar-refractivity contribution in [1.82, 2.24) is 16.0 Å². The van der Waals surface area contributed by atoms with Crippen molar-refractivity contribution in [3.63, 3.8) is 0 Å². The van der Waals surface area contributed by atoms with Crippen LogP contribution in [0.2, 0.25) is 0 Å². The maximum absolute atomic E-state index is 11.7. The van der Waals surface area contributed by atoms with Gasteiger partial charge in [0.25, 0.3) is 0 Å². The lowest BCUT2D eigenvalue weighted by Crippen LogP contribution is -2.46. The number of alkyl carbamates (subject to hydrolysis) is 1. The van der Waals surface area contributed by atoms with Gasteiger partial charge in [-0.3, -0.25) is 4.79 Å². The first-order valence-corrected chi connectivity index (χ1v) is 8.34. The van der Waals surface area contributed by atoms with Gasteiger partial charge < -0.3 is 20.7 Å². The highest BCUT2D eigenvalue weighted by molar-refractivity contribution is 5.78. The molecule has 2 aliphatic rings. The molecule has 0 spiro atoms. The lowest BCUT2D eigenvalue weighted by molar-refractivity contribution is -0.119. The Morgan fingerprint density at radius 1 is 1.18 bits per heavy atom. The average Bonchev–Trinajstić information content (AvgIpc) is 2.81. The molecule has 0 bridgehead atoms. The molecule has 0 radical (unpaired) electrons. The van der Waals surface area contributed by atoms with E-state index in [1.807, 2.05) is 20.8 Å². The zero-order valence-corrected chi connectivity index (χ0v) is 13.9. The molecule has 2 amide bonds. The van der Waals surface area contributed by atoms with Crippen LogP contribution in [0.15, 0.2) is 0 Å². The van der Waals surface area contributed by atoms with Gasteiger partial charge in [0, 0.05) is 31.1 Å². The van der Waals surface area contributed by atoms with Crippen molar-refractivity contribution >= 4 is 12.0 Å². The van der Waals surface area contributed by atoms with Crippen LogP contribution in [0.4, 0.5) is 4.79 Å². The Morgan fingerprint density at radius 2 is 1.82 bits per heavy atom. The van der Waals surface area contributed by atoms with E-state index < -0.39 is 5.60 Å². The van der Waals surface area contributed by atoms with E-state index in [0.29, 0.717) is 12.5 Å². The van der Waals surface area contributed by atoms with Gasteiger partial charge in [-0.2, -0.15) is 0 Å². The minimum Gasteiger partial charge on any atom is -0.444 e. The van der Waals surface area contributed by atoms with Crippen LogP contribution in [0.3, 0.4) is 0 Å². The molecule has 1 aliphatic carbocycles. The van der Waals surface area contributed by atoms with Gasteiger partial charge in [0.05, 0.1) is 0 Å². The third-order valence-corrected chi connectivity index (χ3v) is 4.19. The molecule has 22 heavy (non-hydrogen) atoms. The Bertz CT molecular complexity index is 398. The molecule has 1 saturated carbocycles. The van der Waals surface area contributed by atoms with Gasteiger partial charge >= 0.3 is 6.09 Å². The maximum atomic E-state index is 11.7. The van der Waals surface area contributed by atoms with E-state index in [9.17, 15) is 9.59 Å². The summed E-state index contributed by atoms with van der Waals surface area (Å²) in [5.41, 5.74) is -0.450. The van der Waals surface area contributed by atoms with Crippen LogP contribution in [0, 0.1) is 0 Å².